The lowest BCUT2D eigenvalue weighted by molar-refractivity contribution is -0.134. The standard InChI is InChI=1S/C24H30N4O/c1-17-12-20(21-6-5-19(14-25)24-22(21)4-3-9-26-24)16-28(15-17)23(29)13-18-7-10-27(2)11-8-18/h3-6,9,17-18,20H,7-8,10-13,15-16H2,1-2H3/t17-,20?/m0/s1. The topological polar surface area (TPSA) is 60.2 Å². The Balaban J connectivity index is 1.53. The maximum Gasteiger partial charge on any atom is 0.222 e. The molecule has 0 radical (unpaired) electrons. The smallest absolute Gasteiger partial charge is 0.222 e. The van der Waals surface area contributed by atoms with Crippen LogP contribution in [-0.4, -0.2) is 53.9 Å². The number of carbonyl (C=O) groups is 1. The van der Waals surface area contributed by atoms with E-state index in [1.165, 1.54) is 5.56 Å². The van der Waals surface area contributed by atoms with Gasteiger partial charge in [0.05, 0.1) is 11.1 Å². The van der Waals surface area contributed by atoms with E-state index >= 15 is 0 Å². The molecule has 2 aliphatic heterocycles. The average Bonchev–Trinajstić information content (AvgIpc) is 2.74. The molecule has 5 nitrogen and oxygen atoms in total. The van der Waals surface area contributed by atoms with Crippen molar-refractivity contribution >= 4 is 16.8 Å². The van der Waals surface area contributed by atoms with Gasteiger partial charge in [-0.3, -0.25) is 9.78 Å². The minimum absolute atomic E-state index is 0.291. The molecule has 3 heterocycles. The van der Waals surface area contributed by atoms with Gasteiger partial charge in [0, 0.05) is 37.0 Å². The normalized spacial score (nSPS) is 23.8. The lowest BCUT2D eigenvalue weighted by Gasteiger charge is -2.38. The number of hydrogen-bond donors (Lipinski definition) is 0. The highest BCUT2D eigenvalue weighted by Crippen LogP contribution is 2.35. The number of fused-ring (bicyclic) bond motifs is 1. The molecular formula is C24H30N4O. The van der Waals surface area contributed by atoms with Crippen LogP contribution in [0.15, 0.2) is 30.5 Å². The maximum atomic E-state index is 13.1. The molecule has 2 saturated heterocycles. The fourth-order valence-electron chi connectivity index (χ4n) is 5.06. The first kappa shape index (κ1) is 19.8. The van der Waals surface area contributed by atoms with Crippen molar-refractivity contribution in [2.24, 2.45) is 11.8 Å². The lowest BCUT2D eigenvalue weighted by Crippen LogP contribution is -2.43. The summed E-state index contributed by atoms with van der Waals surface area (Å²) in [6.45, 7) is 6.06. The van der Waals surface area contributed by atoms with Gasteiger partial charge in [0.2, 0.25) is 5.91 Å². The molecule has 4 rings (SSSR count). The molecule has 1 aromatic carbocycles. The largest absolute Gasteiger partial charge is 0.342 e. The number of aromatic nitrogens is 1. The van der Waals surface area contributed by atoms with Crippen LogP contribution in [0.25, 0.3) is 10.9 Å². The number of hydrogen-bond acceptors (Lipinski definition) is 4. The van der Waals surface area contributed by atoms with Gasteiger partial charge in [-0.05, 0) is 68.9 Å². The highest BCUT2D eigenvalue weighted by molar-refractivity contribution is 5.87. The van der Waals surface area contributed by atoms with Crippen molar-refractivity contribution in [2.45, 2.75) is 38.5 Å². The Labute approximate surface area is 173 Å². The number of benzene rings is 1. The van der Waals surface area contributed by atoms with Crippen molar-refractivity contribution in [1.82, 2.24) is 14.8 Å². The van der Waals surface area contributed by atoms with E-state index in [1.54, 1.807) is 6.20 Å². The molecule has 29 heavy (non-hydrogen) atoms. The van der Waals surface area contributed by atoms with Crippen LogP contribution in [0.2, 0.25) is 0 Å². The Hall–Kier alpha value is -2.45. The van der Waals surface area contributed by atoms with Crippen LogP contribution in [0, 0.1) is 23.2 Å². The maximum absolute atomic E-state index is 13.1. The quantitative estimate of drug-likeness (QED) is 0.800. The Bertz CT molecular complexity index is 926. The SMILES string of the molecule is C[C@H]1CC(c2ccc(C#N)c3ncccc23)CN(C(=O)CC2CCN(C)CC2)C1. The van der Waals surface area contributed by atoms with E-state index in [0.717, 1.165) is 56.3 Å². The third-order valence-electron chi connectivity index (χ3n) is 6.68. The molecule has 1 unspecified atom stereocenters. The zero-order valence-electron chi connectivity index (χ0n) is 17.5. The van der Waals surface area contributed by atoms with Crippen LogP contribution in [0.4, 0.5) is 0 Å². The highest BCUT2D eigenvalue weighted by atomic mass is 16.2. The molecule has 2 aliphatic rings. The van der Waals surface area contributed by atoms with Gasteiger partial charge in [0.15, 0.2) is 0 Å². The molecule has 2 atom stereocenters. The zero-order chi connectivity index (χ0) is 20.4. The van der Waals surface area contributed by atoms with Crippen molar-refractivity contribution in [3.63, 3.8) is 0 Å². The predicted octanol–water partition coefficient (Wildman–Crippen LogP) is 3.79. The van der Waals surface area contributed by atoms with Crippen molar-refractivity contribution in [1.29, 1.82) is 5.26 Å². The molecule has 0 aliphatic carbocycles. The number of rotatable bonds is 3. The van der Waals surface area contributed by atoms with Gasteiger partial charge >= 0.3 is 0 Å². The molecule has 0 spiro atoms. The van der Waals surface area contributed by atoms with E-state index in [-0.39, 0.29) is 0 Å². The lowest BCUT2D eigenvalue weighted by atomic mass is 9.83. The van der Waals surface area contributed by atoms with Crippen LogP contribution in [0.3, 0.4) is 0 Å². The Morgan fingerprint density at radius 3 is 2.79 bits per heavy atom. The van der Waals surface area contributed by atoms with Gasteiger partial charge in [0.1, 0.15) is 6.07 Å². The van der Waals surface area contributed by atoms with Crippen molar-refractivity contribution < 1.29 is 4.79 Å². The number of likely N-dealkylation sites (tertiary alicyclic amines) is 2. The number of nitrogens with zero attached hydrogens (tertiary/aromatic N) is 4. The second kappa shape index (κ2) is 8.51. The average molecular weight is 391 g/mol. The minimum atomic E-state index is 0.291. The van der Waals surface area contributed by atoms with E-state index in [2.05, 4.69) is 47.0 Å². The van der Waals surface area contributed by atoms with Gasteiger partial charge < -0.3 is 9.80 Å². The third kappa shape index (κ3) is 4.28. The van der Waals surface area contributed by atoms with E-state index < -0.39 is 0 Å². The minimum Gasteiger partial charge on any atom is -0.342 e. The fourth-order valence-corrected chi connectivity index (χ4v) is 5.06. The molecule has 1 aromatic heterocycles. The summed E-state index contributed by atoms with van der Waals surface area (Å²) in [7, 11) is 2.16. The third-order valence-corrected chi connectivity index (χ3v) is 6.68. The zero-order valence-corrected chi connectivity index (χ0v) is 17.5. The summed E-state index contributed by atoms with van der Waals surface area (Å²) in [5.41, 5.74) is 2.61. The first-order valence-electron chi connectivity index (χ1n) is 10.8. The number of piperidine rings is 2. The second-order valence-corrected chi connectivity index (χ2v) is 9.00. The van der Waals surface area contributed by atoms with Crippen LogP contribution in [0.1, 0.15) is 49.7 Å². The molecule has 2 aromatic rings. The second-order valence-electron chi connectivity index (χ2n) is 9.00. The van der Waals surface area contributed by atoms with Crippen LogP contribution >= 0.6 is 0 Å². The van der Waals surface area contributed by atoms with Crippen molar-refractivity contribution in [3.8, 4) is 6.07 Å². The fraction of sp³-hybridized carbons (Fsp3) is 0.542. The number of carbonyl (C=O) groups excluding carboxylic acids is 1. The van der Waals surface area contributed by atoms with Gasteiger partial charge in [-0.25, -0.2) is 0 Å². The first-order chi connectivity index (χ1) is 14.0. The number of nitriles is 1. The molecule has 0 saturated carbocycles. The number of pyridine rings is 1. The van der Waals surface area contributed by atoms with Gasteiger partial charge in [0.25, 0.3) is 0 Å². The summed E-state index contributed by atoms with van der Waals surface area (Å²) in [5.74, 6) is 1.60. The summed E-state index contributed by atoms with van der Waals surface area (Å²) >= 11 is 0. The summed E-state index contributed by atoms with van der Waals surface area (Å²) in [6, 6.07) is 10.2. The predicted molar refractivity (Wildman–Crippen MR) is 114 cm³/mol. The van der Waals surface area contributed by atoms with E-state index in [1.807, 2.05) is 12.1 Å². The molecule has 2 fully saturated rings. The Morgan fingerprint density at radius 1 is 1.24 bits per heavy atom. The van der Waals surface area contributed by atoms with Gasteiger partial charge in [-0.15, -0.1) is 0 Å². The summed E-state index contributed by atoms with van der Waals surface area (Å²) in [6.07, 6.45) is 5.74. The molecule has 0 N–H and O–H groups in total. The van der Waals surface area contributed by atoms with E-state index in [4.69, 9.17) is 0 Å². The summed E-state index contributed by atoms with van der Waals surface area (Å²) in [4.78, 5) is 22.0. The van der Waals surface area contributed by atoms with Crippen molar-refractivity contribution in [3.05, 3.63) is 41.6 Å². The highest BCUT2D eigenvalue weighted by Gasteiger charge is 2.31. The van der Waals surface area contributed by atoms with Gasteiger partial charge in [-0.1, -0.05) is 19.1 Å². The monoisotopic (exact) mass is 390 g/mol. The first-order valence-corrected chi connectivity index (χ1v) is 10.8. The van der Waals surface area contributed by atoms with E-state index in [0.29, 0.717) is 35.6 Å². The number of amides is 1. The molecule has 152 valence electrons. The van der Waals surface area contributed by atoms with E-state index in [9.17, 15) is 10.1 Å². The summed E-state index contributed by atoms with van der Waals surface area (Å²) < 4.78 is 0. The Morgan fingerprint density at radius 2 is 2.03 bits per heavy atom. The van der Waals surface area contributed by atoms with Gasteiger partial charge in [-0.2, -0.15) is 5.26 Å². The van der Waals surface area contributed by atoms with Crippen LogP contribution < -0.4 is 0 Å². The van der Waals surface area contributed by atoms with Crippen LogP contribution in [-0.2, 0) is 4.79 Å². The molecule has 0 bridgehead atoms. The Kier molecular flexibility index (Phi) is 5.82. The van der Waals surface area contributed by atoms with Crippen molar-refractivity contribution in [2.75, 3.05) is 33.2 Å². The molecular weight excluding hydrogens is 360 g/mol. The van der Waals surface area contributed by atoms with Crippen LogP contribution in [0.5, 0.6) is 0 Å². The summed E-state index contributed by atoms with van der Waals surface area (Å²) in [5, 5.41) is 10.5. The molecule has 5 heteroatoms. The molecule has 1 amide bonds.